The summed E-state index contributed by atoms with van der Waals surface area (Å²) in [6, 6.07) is 3.75. The zero-order valence-corrected chi connectivity index (χ0v) is 18.9. The number of rotatable bonds is 7. The Morgan fingerprint density at radius 2 is 1.97 bits per heavy atom. The van der Waals surface area contributed by atoms with Crippen LogP contribution in [0.1, 0.15) is 37.3 Å². The molecule has 4 amide bonds. The van der Waals surface area contributed by atoms with Crippen LogP contribution in [-0.2, 0) is 32.0 Å². The number of para-hydroxylation sites is 1. The van der Waals surface area contributed by atoms with Gasteiger partial charge in [-0.1, -0.05) is 18.2 Å². The first kappa shape index (κ1) is 22.2. The average Bonchev–Trinajstić information content (AvgIpc) is 3.40. The van der Waals surface area contributed by atoms with Crippen LogP contribution in [0.25, 0.3) is 0 Å². The van der Waals surface area contributed by atoms with Crippen molar-refractivity contribution in [3.8, 4) is 0 Å². The Balaban J connectivity index is 1.35. The Morgan fingerprint density at radius 1 is 1.18 bits per heavy atom. The minimum absolute atomic E-state index is 0.0985. The van der Waals surface area contributed by atoms with Gasteiger partial charge in [0, 0.05) is 19.5 Å². The summed E-state index contributed by atoms with van der Waals surface area (Å²) in [4.78, 5) is 53.1. The number of anilines is 1. The number of aryl methyl sites for hydroxylation is 1. The lowest BCUT2D eigenvalue weighted by Crippen LogP contribution is -2.57. The minimum atomic E-state index is -0.774. The summed E-state index contributed by atoms with van der Waals surface area (Å²) in [5.74, 6) is -1.07. The van der Waals surface area contributed by atoms with Crippen molar-refractivity contribution >= 4 is 29.3 Å². The van der Waals surface area contributed by atoms with Gasteiger partial charge < -0.3 is 26.8 Å². The summed E-state index contributed by atoms with van der Waals surface area (Å²) in [7, 11) is 0. The molecule has 11 nitrogen and oxygen atoms in total. The molecule has 1 fully saturated rings. The molecule has 0 bridgehead atoms. The third kappa shape index (κ3) is 4.30. The first-order chi connectivity index (χ1) is 16.4. The predicted octanol–water partition coefficient (Wildman–Crippen LogP) is -1.14. The number of carbonyl (C=O) groups is 4. The molecule has 4 aliphatic rings. The number of carbonyl (C=O) groups excluding carboxylic acids is 4. The number of benzene rings is 1. The normalized spacial score (nSPS) is 23.6. The van der Waals surface area contributed by atoms with Crippen molar-refractivity contribution in [2.24, 2.45) is 5.92 Å². The van der Waals surface area contributed by atoms with E-state index in [1.54, 1.807) is 11.1 Å². The molecule has 3 heterocycles. The Hall–Kier alpha value is -3.60. The van der Waals surface area contributed by atoms with Gasteiger partial charge in [-0.05, 0) is 42.7 Å². The number of nitrogens with one attached hydrogen (secondary N) is 6. The summed E-state index contributed by atoms with van der Waals surface area (Å²) in [5, 5.41) is 8.50. The Morgan fingerprint density at radius 3 is 2.68 bits per heavy atom. The second kappa shape index (κ2) is 8.98. The maximum atomic E-state index is 13.7. The molecule has 0 saturated heterocycles. The molecule has 3 aliphatic heterocycles. The summed E-state index contributed by atoms with van der Waals surface area (Å²) < 4.78 is 0. The Bertz CT molecular complexity index is 1070. The Kier molecular flexibility index (Phi) is 5.86. The monoisotopic (exact) mass is 467 g/mol. The smallest absolute Gasteiger partial charge is 0.250 e. The lowest BCUT2D eigenvalue weighted by Gasteiger charge is -2.28. The van der Waals surface area contributed by atoms with Crippen LogP contribution in [0.4, 0.5) is 5.69 Å². The standard InChI is InChI=1S/C23H29N7O4/c1-12(31)26-19(13-5-6-13)22(33)27-17-8-7-14-3-2-4-15-9-18(30(20(14)15)23(17)34)21(32)24-10-16-11-25-29-28-16/h2-4,11,13,17-19,25,28-29H,5-10H2,1H3,(H,24,32)(H,26,31)(H,27,33)/t17-,18-,19-/m0/s1. The minimum Gasteiger partial charge on any atom is -0.349 e. The van der Waals surface area contributed by atoms with Crippen molar-refractivity contribution in [2.75, 3.05) is 11.4 Å². The second-order valence-corrected chi connectivity index (χ2v) is 9.25. The maximum absolute atomic E-state index is 13.7. The van der Waals surface area contributed by atoms with Crippen molar-refractivity contribution in [3.05, 3.63) is 41.2 Å². The third-order valence-corrected chi connectivity index (χ3v) is 6.76. The zero-order chi connectivity index (χ0) is 23.8. The van der Waals surface area contributed by atoms with E-state index in [9.17, 15) is 19.2 Å². The molecule has 0 unspecified atom stereocenters. The van der Waals surface area contributed by atoms with Crippen molar-refractivity contribution in [3.63, 3.8) is 0 Å². The molecule has 0 aromatic heterocycles. The molecule has 1 aromatic carbocycles. The molecule has 180 valence electrons. The molecular formula is C23H29N7O4. The van der Waals surface area contributed by atoms with E-state index < -0.39 is 18.1 Å². The SMILES string of the molecule is CC(=O)N[C@H](C(=O)N[C@H]1CCc2cccc3c2N(C1=O)[C@H](C(=O)NCC1=CNNN1)C3)C1CC1. The van der Waals surface area contributed by atoms with Gasteiger partial charge in [-0.25, -0.2) is 0 Å². The zero-order valence-electron chi connectivity index (χ0n) is 18.9. The second-order valence-electron chi connectivity index (χ2n) is 9.25. The van der Waals surface area contributed by atoms with Crippen LogP contribution in [0, 0.1) is 5.92 Å². The van der Waals surface area contributed by atoms with Crippen LogP contribution in [0.5, 0.6) is 0 Å². The molecular weight excluding hydrogens is 438 g/mol. The first-order valence-electron chi connectivity index (χ1n) is 11.7. The fraction of sp³-hybridized carbons (Fsp3) is 0.478. The van der Waals surface area contributed by atoms with Crippen LogP contribution in [0.3, 0.4) is 0 Å². The highest BCUT2D eigenvalue weighted by Gasteiger charge is 2.45. The van der Waals surface area contributed by atoms with Crippen LogP contribution in [0.15, 0.2) is 30.1 Å². The summed E-state index contributed by atoms with van der Waals surface area (Å²) in [6.45, 7) is 1.66. The van der Waals surface area contributed by atoms with Crippen LogP contribution in [0.2, 0.25) is 0 Å². The van der Waals surface area contributed by atoms with Gasteiger partial charge in [0.2, 0.25) is 23.6 Å². The predicted molar refractivity (Wildman–Crippen MR) is 123 cm³/mol. The van der Waals surface area contributed by atoms with Crippen molar-refractivity contribution in [1.82, 2.24) is 32.3 Å². The van der Waals surface area contributed by atoms with Gasteiger partial charge in [0.05, 0.1) is 17.9 Å². The van der Waals surface area contributed by atoms with Gasteiger partial charge in [0.15, 0.2) is 0 Å². The molecule has 11 heteroatoms. The maximum Gasteiger partial charge on any atom is 0.250 e. The molecule has 34 heavy (non-hydrogen) atoms. The number of amides is 4. The third-order valence-electron chi connectivity index (χ3n) is 6.76. The highest BCUT2D eigenvalue weighted by atomic mass is 16.2. The molecule has 1 saturated carbocycles. The molecule has 0 spiro atoms. The largest absolute Gasteiger partial charge is 0.349 e. The molecule has 5 rings (SSSR count). The summed E-state index contributed by atoms with van der Waals surface area (Å²) in [6.07, 6.45) is 4.90. The lowest BCUT2D eigenvalue weighted by atomic mass is 10.0. The lowest BCUT2D eigenvalue weighted by molar-refractivity contribution is -0.132. The van der Waals surface area contributed by atoms with Crippen LogP contribution < -0.4 is 37.2 Å². The van der Waals surface area contributed by atoms with E-state index in [1.807, 2.05) is 18.2 Å². The van der Waals surface area contributed by atoms with E-state index in [0.717, 1.165) is 35.4 Å². The van der Waals surface area contributed by atoms with E-state index in [0.29, 0.717) is 19.3 Å². The summed E-state index contributed by atoms with van der Waals surface area (Å²) >= 11 is 0. The molecule has 6 N–H and O–H groups in total. The fourth-order valence-electron chi connectivity index (χ4n) is 4.95. The molecule has 1 aliphatic carbocycles. The van der Waals surface area contributed by atoms with Crippen LogP contribution in [-0.4, -0.2) is 48.3 Å². The highest BCUT2D eigenvalue weighted by molar-refractivity contribution is 6.08. The molecule has 0 radical (unpaired) electrons. The van der Waals surface area contributed by atoms with Gasteiger partial charge in [-0.3, -0.25) is 24.1 Å². The number of hydrazine groups is 2. The van der Waals surface area contributed by atoms with Gasteiger partial charge in [-0.15, -0.1) is 0 Å². The van der Waals surface area contributed by atoms with Crippen LogP contribution >= 0.6 is 0 Å². The van der Waals surface area contributed by atoms with Crippen molar-refractivity contribution < 1.29 is 19.2 Å². The fourth-order valence-corrected chi connectivity index (χ4v) is 4.95. The summed E-state index contributed by atoms with van der Waals surface area (Å²) in [5.41, 5.74) is 11.9. The topological polar surface area (TPSA) is 144 Å². The highest BCUT2D eigenvalue weighted by Crippen LogP contribution is 2.39. The van der Waals surface area contributed by atoms with E-state index in [1.165, 1.54) is 6.92 Å². The van der Waals surface area contributed by atoms with E-state index in [2.05, 4.69) is 32.3 Å². The van der Waals surface area contributed by atoms with E-state index in [4.69, 9.17) is 0 Å². The number of nitrogens with zero attached hydrogens (tertiary/aromatic N) is 1. The van der Waals surface area contributed by atoms with Gasteiger partial charge in [0.1, 0.15) is 18.1 Å². The van der Waals surface area contributed by atoms with Gasteiger partial charge >= 0.3 is 0 Å². The van der Waals surface area contributed by atoms with Gasteiger partial charge in [-0.2, -0.15) is 5.53 Å². The first-order valence-corrected chi connectivity index (χ1v) is 11.7. The van der Waals surface area contributed by atoms with Crippen molar-refractivity contribution in [1.29, 1.82) is 0 Å². The number of hydrogen-bond donors (Lipinski definition) is 6. The van der Waals surface area contributed by atoms with E-state index >= 15 is 0 Å². The molecule has 3 atom stereocenters. The Labute approximate surface area is 197 Å². The van der Waals surface area contributed by atoms with Crippen molar-refractivity contribution in [2.45, 2.75) is 57.2 Å². The molecule has 1 aromatic rings. The van der Waals surface area contributed by atoms with E-state index in [-0.39, 0.29) is 36.1 Å². The van der Waals surface area contributed by atoms with Gasteiger partial charge in [0.25, 0.3) is 0 Å². The quantitative estimate of drug-likeness (QED) is 0.298. The average molecular weight is 468 g/mol. The number of hydrogen-bond acceptors (Lipinski definition) is 7.